The van der Waals surface area contributed by atoms with Gasteiger partial charge in [-0.1, -0.05) is 42.5 Å². The second-order valence-corrected chi connectivity index (χ2v) is 7.16. The highest BCUT2D eigenvalue weighted by Gasteiger charge is 2.44. The van der Waals surface area contributed by atoms with Gasteiger partial charge in [0.25, 0.3) is 0 Å². The summed E-state index contributed by atoms with van der Waals surface area (Å²) in [6.45, 7) is 0. The van der Waals surface area contributed by atoms with Gasteiger partial charge in [0.1, 0.15) is 5.66 Å². The molecule has 2 aliphatic rings. The molecule has 5 nitrogen and oxygen atoms in total. The topological polar surface area (TPSA) is 68.2 Å². The number of rotatable bonds is 2. The number of aromatic nitrogens is 2. The number of hydrogen-bond donors (Lipinski definition) is 2. The first kappa shape index (κ1) is 14.5. The number of imidazole rings is 1. The van der Waals surface area contributed by atoms with Crippen molar-refractivity contribution in [3.63, 3.8) is 0 Å². The molecule has 1 aliphatic carbocycles. The molecule has 3 N–H and O–H groups in total. The number of nitrogens with two attached hydrogens (primary N) is 1. The van der Waals surface area contributed by atoms with Crippen LogP contribution >= 0.6 is 0 Å². The van der Waals surface area contributed by atoms with Gasteiger partial charge in [0, 0.05) is 0 Å². The van der Waals surface area contributed by atoms with Crippen LogP contribution in [0.4, 0.5) is 5.95 Å². The minimum absolute atomic E-state index is 0.305. The number of fused-ring (bicyclic) bond motifs is 4. The Hall–Kier alpha value is -2.82. The van der Waals surface area contributed by atoms with Crippen molar-refractivity contribution in [1.29, 1.82) is 0 Å². The van der Waals surface area contributed by atoms with Gasteiger partial charge in [-0.2, -0.15) is 0 Å². The summed E-state index contributed by atoms with van der Waals surface area (Å²) in [4.78, 5) is 9.60. The number of anilines is 1. The number of hydrogen-bond acceptors (Lipinski definition) is 4. The Morgan fingerprint density at radius 2 is 1.92 bits per heavy atom. The van der Waals surface area contributed by atoms with Gasteiger partial charge >= 0.3 is 0 Å². The van der Waals surface area contributed by atoms with Gasteiger partial charge in [0.2, 0.25) is 5.95 Å². The second kappa shape index (κ2) is 5.34. The maximum Gasteiger partial charge on any atom is 0.212 e. The molecule has 0 amide bonds. The van der Waals surface area contributed by atoms with Crippen LogP contribution in [0.3, 0.4) is 0 Å². The number of aliphatic imine (C=N–C) groups is 1. The lowest BCUT2D eigenvalue weighted by atomic mass is 9.96. The minimum atomic E-state index is -0.305. The first-order valence-electron chi connectivity index (χ1n) is 8.88. The Kier molecular flexibility index (Phi) is 3.10. The van der Waals surface area contributed by atoms with Crippen LogP contribution in [-0.2, 0) is 12.1 Å². The van der Waals surface area contributed by atoms with E-state index in [-0.39, 0.29) is 5.66 Å². The highest BCUT2D eigenvalue weighted by Crippen LogP contribution is 2.47. The van der Waals surface area contributed by atoms with E-state index < -0.39 is 0 Å². The van der Waals surface area contributed by atoms with Crippen molar-refractivity contribution < 1.29 is 0 Å². The molecule has 5 rings (SSSR count). The zero-order valence-electron chi connectivity index (χ0n) is 14.0. The lowest BCUT2D eigenvalue weighted by Crippen LogP contribution is -2.40. The van der Waals surface area contributed by atoms with Gasteiger partial charge in [0.05, 0.1) is 11.0 Å². The van der Waals surface area contributed by atoms with Crippen LogP contribution in [-0.4, -0.2) is 15.5 Å². The third-order valence-corrected chi connectivity index (χ3v) is 5.48. The average molecular weight is 331 g/mol. The Labute approximate surface area is 146 Å². The van der Waals surface area contributed by atoms with Crippen molar-refractivity contribution in [1.82, 2.24) is 9.55 Å². The highest BCUT2D eigenvalue weighted by atomic mass is 15.4. The standard InChI is InChI=1S/C20H21N5/c21-18-23-19-22-16-8-4-5-9-17(16)25(19)20(24-18)11-10-15(13-20)12-14-6-2-1-3-7-14/h1-9,15H,10-13H2,(H3,21,22,23,24). The maximum absolute atomic E-state index is 6.11. The van der Waals surface area contributed by atoms with E-state index >= 15 is 0 Å². The molecular weight excluding hydrogens is 310 g/mol. The summed E-state index contributed by atoms with van der Waals surface area (Å²) in [6, 6.07) is 19.0. The summed E-state index contributed by atoms with van der Waals surface area (Å²) in [7, 11) is 0. The van der Waals surface area contributed by atoms with E-state index in [4.69, 9.17) is 15.7 Å². The normalized spacial score (nSPS) is 25.0. The summed E-state index contributed by atoms with van der Waals surface area (Å²) in [5.74, 6) is 1.89. The summed E-state index contributed by atoms with van der Waals surface area (Å²) < 4.78 is 2.27. The average Bonchev–Trinajstić information content (AvgIpc) is 3.17. The summed E-state index contributed by atoms with van der Waals surface area (Å²) in [6.07, 6.45) is 4.24. The minimum Gasteiger partial charge on any atom is -0.370 e. The van der Waals surface area contributed by atoms with E-state index in [2.05, 4.69) is 52.3 Å². The molecule has 3 aromatic rings. The van der Waals surface area contributed by atoms with Gasteiger partial charge in [-0.25, -0.2) is 9.98 Å². The molecule has 0 radical (unpaired) electrons. The van der Waals surface area contributed by atoms with Gasteiger partial charge in [-0.3, -0.25) is 9.88 Å². The fraction of sp³-hybridized carbons (Fsp3) is 0.300. The van der Waals surface area contributed by atoms with Crippen LogP contribution in [0, 0.1) is 5.92 Å². The number of benzene rings is 2. The van der Waals surface area contributed by atoms with E-state index in [1.165, 1.54) is 5.56 Å². The van der Waals surface area contributed by atoms with Gasteiger partial charge < -0.3 is 5.73 Å². The van der Waals surface area contributed by atoms with Gasteiger partial charge in [-0.05, 0) is 49.3 Å². The molecule has 2 aromatic carbocycles. The SMILES string of the molecule is NC1=NC2(CCC(Cc3ccccc3)C2)n2c(nc3ccccc32)N1. The van der Waals surface area contributed by atoms with E-state index in [0.717, 1.165) is 42.7 Å². The van der Waals surface area contributed by atoms with Crippen LogP contribution in [0.25, 0.3) is 11.0 Å². The highest BCUT2D eigenvalue weighted by molar-refractivity contribution is 5.94. The Morgan fingerprint density at radius 3 is 2.80 bits per heavy atom. The third-order valence-electron chi connectivity index (χ3n) is 5.48. The lowest BCUT2D eigenvalue weighted by molar-refractivity contribution is 0.303. The van der Waals surface area contributed by atoms with Crippen molar-refractivity contribution in [3.05, 3.63) is 60.2 Å². The monoisotopic (exact) mass is 331 g/mol. The van der Waals surface area contributed by atoms with E-state index in [9.17, 15) is 0 Å². The predicted molar refractivity (Wildman–Crippen MR) is 100 cm³/mol. The first-order chi connectivity index (χ1) is 12.2. The molecule has 1 fully saturated rings. The Bertz CT molecular complexity index is 959. The Balaban J connectivity index is 1.54. The van der Waals surface area contributed by atoms with E-state index in [0.29, 0.717) is 11.9 Å². The molecule has 126 valence electrons. The molecular formula is C20H21N5. The molecule has 2 unspecified atom stereocenters. The zero-order chi connectivity index (χ0) is 16.9. The largest absolute Gasteiger partial charge is 0.370 e. The second-order valence-electron chi connectivity index (χ2n) is 7.16. The third kappa shape index (κ3) is 2.30. The molecule has 0 bridgehead atoms. The van der Waals surface area contributed by atoms with Crippen molar-refractivity contribution in [2.75, 3.05) is 5.32 Å². The molecule has 5 heteroatoms. The van der Waals surface area contributed by atoms with Crippen molar-refractivity contribution in [3.8, 4) is 0 Å². The quantitative estimate of drug-likeness (QED) is 0.755. The molecule has 1 aliphatic heterocycles. The molecule has 2 atom stereocenters. The van der Waals surface area contributed by atoms with Crippen LogP contribution in [0.5, 0.6) is 0 Å². The molecule has 1 spiro atoms. The predicted octanol–water partition coefficient (Wildman–Crippen LogP) is 3.47. The number of para-hydroxylation sites is 2. The number of nitrogens with one attached hydrogen (secondary N) is 1. The molecule has 1 saturated carbocycles. The van der Waals surface area contributed by atoms with Crippen molar-refractivity contribution in [2.45, 2.75) is 31.3 Å². The number of guanidine groups is 1. The van der Waals surface area contributed by atoms with Crippen LogP contribution in [0.2, 0.25) is 0 Å². The summed E-state index contributed by atoms with van der Waals surface area (Å²) >= 11 is 0. The zero-order valence-corrected chi connectivity index (χ0v) is 14.0. The smallest absolute Gasteiger partial charge is 0.212 e. The number of nitrogens with zero attached hydrogens (tertiary/aromatic N) is 3. The van der Waals surface area contributed by atoms with Crippen LogP contribution in [0.15, 0.2) is 59.6 Å². The summed E-state index contributed by atoms with van der Waals surface area (Å²) in [5.41, 5.74) is 9.31. The van der Waals surface area contributed by atoms with E-state index in [1.54, 1.807) is 0 Å². The molecule has 1 aromatic heterocycles. The lowest BCUT2D eigenvalue weighted by Gasteiger charge is -2.33. The molecule has 2 heterocycles. The molecule has 25 heavy (non-hydrogen) atoms. The van der Waals surface area contributed by atoms with Crippen LogP contribution in [0.1, 0.15) is 24.8 Å². The fourth-order valence-corrected chi connectivity index (χ4v) is 4.48. The maximum atomic E-state index is 6.11. The Morgan fingerprint density at radius 1 is 1.12 bits per heavy atom. The molecule has 0 saturated heterocycles. The van der Waals surface area contributed by atoms with Gasteiger partial charge in [-0.15, -0.1) is 0 Å². The van der Waals surface area contributed by atoms with Crippen molar-refractivity contribution in [2.24, 2.45) is 16.6 Å². The van der Waals surface area contributed by atoms with Crippen molar-refractivity contribution >= 4 is 22.9 Å². The fourth-order valence-electron chi connectivity index (χ4n) is 4.48. The van der Waals surface area contributed by atoms with E-state index in [1.807, 2.05) is 12.1 Å². The summed E-state index contributed by atoms with van der Waals surface area (Å²) in [5, 5.41) is 3.14. The van der Waals surface area contributed by atoms with Crippen LogP contribution < -0.4 is 11.1 Å². The first-order valence-corrected chi connectivity index (χ1v) is 8.88. The van der Waals surface area contributed by atoms with Gasteiger partial charge in [0.15, 0.2) is 5.96 Å².